The molecule has 0 atom stereocenters. The number of aryl methyl sites for hydroxylation is 1. The van der Waals surface area contributed by atoms with Gasteiger partial charge in [-0.3, -0.25) is 9.78 Å². The first-order valence-corrected chi connectivity index (χ1v) is 7.67. The number of carbonyl (C=O) groups excluding carboxylic acids is 1. The maximum Gasteiger partial charge on any atom is 0.220 e. The molecule has 2 aromatic rings. The summed E-state index contributed by atoms with van der Waals surface area (Å²) < 4.78 is 0. The Morgan fingerprint density at radius 1 is 1.18 bits per heavy atom. The Morgan fingerprint density at radius 2 is 2.00 bits per heavy atom. The number of hydrogen-bond acceptors (Lipinski definition) is 3. The molecule has 0 bridgehead atoms. The van der Waals surface area contributed by atoms with Gasteiger partial charge in [0.2, 0.25) is 5.91 Å². The molecule has 1 N–H and O–H groups in total. The number of nitrogens with one attached hydrogen (secondary N) is 1. The second-order valence-electron chi connectivity index (χ2n) is 5.32. The van der Waals surface area contributed by atoms with Crippen LogP contribution in [0, 0.1) is 0 Å². The number of aromatic nitrogens is 1. The standard InChI is InChI=1S/C18H23N3O/c1-21(17-8-3-2-4-9-17)14-6-13-20-18(22)11-10-16-7-5-12-19-15-16/h2-5,7-9,12,15H,6,10-11,13-14H2,1H3,(H,20,22). The molecule has 1 heterocycles. The first-order chi connectivity index (χ1) is 10.8. The first-order valence-electron chi connectivity index (χ1n) is 7.67. The van der Waals surface area contributed by atoms with E-state index in [1.807, 2.05) is 36.5 Å². The van der Waals surface area contributed by atoms with Crippen molar-refractivity contribution in [3.8, 4) is 0 Å². The summed E-state index contributed by atoms with van der Waals surface area (Å²) in [5.41, 5.74) is 2.30. The molecule has 0 saturated heterocycles. The molecule has 0 saturated carbocycles. The highest BCUT2D eigenvalue weighted by Crippen LogP contribution is 2.10. The second kappa shape index (κ2) is 8.82. The first kappa shape index (κ1) is 16.0. The molecule has 1 amide bonds. The predicted octanol–water partition coefficient (Wildman–Crippen LogP) is 2.66. The van der Waals surface area contributed by atoms with E-state index in [2.05, 4.69) is 34.4 Å². The molecule has 0 aliphatic rings. The van der Waals surface area contributed by atoms with Gasteiger partial charge in [0.25, 0.3) is 0 Å². The van der Waals surface area contributed by atoms with Crippen molar-refractivity contribution >= 4 is 11.6 Å². The monoisotopic (exact) mass is 297 g/mol. The van der Waals surface area contributed by atoms with Gasteiger partial charge in [-0.05, 0) is 36.6 Å². The molecule has 1 aromatic heterocycles. The van der Waals surface area contributed by atoms with Gasteiger partial charge in [0.05, 0.1) is 0 Å². The number of nitrogens with zero attached hydrogens (tertiary/aromatic N) is 2. The average molecular weight is 297 g/mol. The fourth-order valence-electron chi connectivity index (χ4n) is 2.25. The van der Waals surface area contributed by atoms with Crippen LogP contribution in [0.1, 0.15) is 18.4 Å². The van der Waals surface area contributed by atoms with E-state index in [0.29, 0.717) is 13.0 Å². The van der Waals surface area contributed by atoms with Crippen molar-refractivity contribution in [3.05, 3.63) is 60.4 Å². The lowest BCUT2D eigenvalue weighted by Gasteiger charge is -2.19. The van der Waals surface area contributed by atoms with Crippen molar-refractivity contribution in [2.24, 2.45) is 0 Å². The third-order valence-electron chi connectivity index (χ3n) is 3.55. The van der Waals surface area contributed by atoms with Crippen molar-refractivity contribution < 1.29 is 4.79 Å². The van der Waals surface area contributed by atoms with E-state index in [-0.39, 0.29) is 5.91 Å². The Morgan fingerprint density at radius 3 is 2.73 bits per heavy atom. The van der Waals surface area contributed by atoms with Crippen LogP contribution in [0.15, 0.2) is 54.9 Å². The Labute approximate surface area is 132 Å². The summed E-state index contributed by atoms with van der Waals surface area (Å²) in [6, 6.07) is 14.2. The summed E-state index contributed by atoms with van der Waals surface area (Å²) in [7, 11) is 2.07. The number of carbonyl (C=O) groups is 1. The normalized spacial score (nSPS) is 10.2. The lowest BCUT2D eigenvalue weighted by molar-refractivity contribution is -0.121. The second-order valence-corrected chi connectivity index (χ2v) is 5.32. The van der Waals surface area contributed by atoms with E-state index in [9.17, 15) is 4.79 Å². The summed E-state index contributed by atoms with van der Waals surface area (Å²) in [6.45, 7) is 1.63. The van der Waals surface area contributed by atoms with E-state index in [1.54, 1.807) is 6.20 Å². The highest BCUT2D eigenvalue weighted by molar-refractivity contribution is 5.76. The van der Waals surface area contributed by atoms with E-state index in [0.717, 1.165) is 24.9 Å². The van der Waals surface area contributed by atoms with Gasteiger partial charge in [-0.25, -0.2) is 0 Å². The summed E-state index contributed by atoms with van der Waals surface area (Å²) in [5, 5.41) is 2.97. The van der Waals surface area contributed by atoms with Gasteiger partial charge < -0.3 is 10.2 Å². The average Bonchev–Trinajstić information content (AvgIpc) is 2.58. The Hall–Kier alpha value is -2.36. The molecular formula is C18H23N3O. The van der Waals surface area contributed by atoms with E-state index in [4.69, 9.17) is 0 Å². The SMILES string of the molecule is CN(CCCNC(=O)CCc1cccnc1)c1ccccc1. The molecule has 22 heavy (non-hydrogen) atoms. The number of para-hydroxylation sites is 1. The van der Waals surface area contributed by atoms with Crippen LogP contribution in [-0.4, -0.2) is 31.0 Å². The number of pyridine rings is 1. The summed E-state index contributed by atoms with van der Waals surface area (Å²) >= 11 is 0. The van der Waals surface area contributed by atoms with Gasteiger partial charge in [-0.1, -0.05) is 24.3 Å². The topological polar surface area (TPSA) is 45.2 Å². The fraction of sp³-hybridized carbons (Fsp3) is 0.333. The minimum atomic E-state index is 0.103. The van der Waals surface area contributed by atoms with Crippen molar-refractivity contribution in [3.63, 3.8) is 0 Å². The van der Waals surface area contributed by atoms with Gasteiger partial charge in [-0.2, -0.15) is 0 Å². The van der Waals surface area contributed by atoms with E-state index >= 15 is 0 Å². The molecule has 4 nitrogen and oxygen atoms in total. The predicted molar refractivity (Wildman–Crippen MR) is 89.9 cm³/mol. The van der Waals surface area contributed by atoms with E-state index in [1.165, 1.54) is 5.69 Å². The third kappa shape index (κ3) is 5.56. The zero-order valence-electron chi connectivity index (χ0n) is 13.0. The number of anilines is 1. The Kier molecular flexibility index (Phi) is 6.42. The number of hydrogen-bond donors (Lipinski definition) is 1. The number of benzene rings is 1. The molecule has 4 heteroatoms. The fourth-order valence-corrected chi connectivity index (χ4v) is 2.25. The molecular weight excluding hydrogens is 274 g/mol. The number of amides is 1. The van der Waals surface area contributed by atoms with Gasteiger partial charge in [-0.15, -0.1) is 0 Å². The smallest absolute Gasteiger partial charge is 0.220 e. The van der Waals surface area contributed by atoms with Crippen molar-refractivity contribution in [2.75, 3.05) is 25.0 Å². The molecule has 0 spiro atoms. The van der Waals surface area contributed by atoms with Crippen molar-refractivity contribution in [1.29, 1.82) is 0 Å². The molecule has 0 aliphatic heterocycles. The van der Waals surface area contributed by atoms with Crippen LogP contribution in [0.2, 0.25) is 0 Å². The molecule has 0 aliphatic carbocycles. The Bertz CT molecular complexity index is 557. The number of rotatable bonds is 8. The van der Waals surface area contributed by atoms with Crippen LogP contribution in [0.5, 0.6) is 0 Å². The van der Waals surface area contributed by atoms with Crippen LogP contribution in [0.25, 0.3) is 0 Å². The third-order valence-corrected chi connectivity index (χ3v) is 3.55. The maximum absolute atomic E-state index is 11.8. The van der Waals surface area contributed by atoms with Crippen LogP contribution >= 0.6 is 0 Å². The Balaban J connectivity index is 1.59. The van der Waals surface area contributed by atoms with Gasteiger partial charge in [0.15, 0.2) is 0 Å². The van der Waals surface area contributed by atoms with Crippen LogP contribution < -0.4 is 10.2 Å². The summed E-state index contributed by atoms with van der Waals surface area (Å²) in [6.07, 6.45) is 5.74. The summed E-state index contributed by atoms with van der Waals surface area (Å²) in [5.74, 6) is 0.103. The quantitative estimate of drug-likeness (QED) is 0.762. The molecule has 116 valence electrons. The molecule has 2 rings (SSSR count). The molecule has 0 radical (unpaired) electrons. The lowest BCUT2D eigenvalue weighted by atomic mass is 10.1. The lowest BCUT2D eigenvalue weighted by Crippen LogP contribution is -2.28. The van der Waals surface area contributed by atoms with Gasteiger partial charge in [0, 0.05) is 44.6 Å². The molecule has 0 fully saturated rings. The minimum Gasteiger partial charge on any atom is -0.375 e. The molecule has 0 unspecified atom stereocenters. The van der Waals surface area contributed by atoms with Crippen molar-refractivity contribution in [2.45, 2.75) is 19.3 Å². The highest BCUT2D eigenvalue weighted by atomic mass is 16.1. The summed E-state index contributed by atoms with van der Waals surface area (Å²) in [4.78, 5) is 18.0. The van der Waals surface area contributed by atoms with Gasteiger partial charge in [0.1, 0.15) is 0 Å². The highest BCUT2D eigenvalue weighted by Gasteiger charge is 2.03. The van der Waals surface area contributed by atoms with Crippen molar-refractivity contribution in [1.82, 2.24) is 10.3 Å². The van der Waals surface area contributed by atoms with Crippen LogP contribution in [-0.2, 0) is 11.2 Å². The zero-order chi connectivity index (χ0) is 15.6. The largest absolute Gasteiger partial charge is 0.375 e. The van der Waals surface area contributed by atoms with Crippen LogP contribution in [0.4, 0.5) is 5.69 Å². The van der Waals surface area contributed by atoms with Gasteiger partial charge >= 0.3 is 0 Å². The minimum absolute atomic E-state index is 0.103. The van der Waals surface area contributed by atoms with E-state index < -0.39 is 0 Å². The maximum atomic E-state index is 11.8. The molecule has 1 aromatic carbocycles. The van der Waals surface area contributed by atoms with Crippen LogP contribution in [0.3, 0.4) is 0 Å². The zero-order valence-corrected chi connectivity index (χ0v) is 13.0.